The van der Waals surface area contributed by atoms with Crippen molar-refractivity contribution in [2.75, 3.05) is 25.6 Å². The van der Waals surface area contributed by atoms with Crippen molar-refractivity contribution in [2.24, 2.45) is 11.7 Å². The molecular weight excluding hydrogens is 216 g/mol. The zero-order chi connectivity index (χ0) is 12.4. The van der Waals surface area contributed by atoms with Gasteiger partial charge in [-0.15, -0.1) is 0 Å². The molecule has 1 heterocycles. The molecule has 1 atom stereocenters. The lowest BCUT2D eigenvalue weighted by atomic mass is 9.89. The van der Waals surface area contributed by atoms with E-state index in [0.29, 0.717) is 6.54 Å². The van der Waals surface area contributed by atoms with Crippen LogP contribution in [-0.4, -0.2) is 26.6 Å². The summed E-state index contributed by atoms with van der Waals surface area (Å²) in [6, 6.07) is 5.82. The lowest BCUT2D eigenvalue weighted by Crippen LogP contribution is -2.39. The molecule has 17 heavy (non-hydrogen) atoms. The number of fused-ring (bicyclic) bond motifs is 1. The van der Waals surface area contributed by atoms with Crippen LogP contribution in [0.4, 0.5) is 5.69 Å². The predicted octanol–water partition coefficient (Wildman–Crippen LogP) is 1.18. The predicted molar refractivity (Wildman–Crippen MR) is 67.3 cm³/mol. The molecule has 0 radical (unpaired) electrons. The number of hydrogen-bond acceptors (Lipinski definition) is 3. The Labute approximate surface area is 101 Å². The maximum absolute atomic E-state index is 12.1. The average Bonchev–Trinajstić information content (AvgIpc) is 2.35. The topological polar surface area (TPSA) is 55.6 Å². The van der Waals surface area contributed by atoms with Crippen LogP contribution in [0.1, 0.15) is 12.0 Å². The molecule has 2 N–H and O–H groups in total. The van der Waals surface area contributed by atoms with E-state index in [0.717, 1.165) is 29.8 Å². The van der Waals surface area contributed by atoms with Crippen LogP contribution in [0.25, 0.3) is 0 Å². The molecule has 0 saturated heterocycles. The van der Waals surface area contributed by atoms with E-state index in [1.165, 1.54) is 0 Å². The van der Waals surface area contributed by atoms with E-state index in [1.54, 1.807) is 12.0 Å². The van der Waals surface area contributed by atoms with E-state index in [9.17, 15) is 4.79 Å². The summed E-state index contributed by atoms with van der Waals surface area (Å²) < 4.78 is 5.21. The van der Waals surface area contributed by atoms with E-state index in [2.05, 4.69) is 0 Å². The van der Waals surface area contributed by atoms with E-state index >= 15 is 0 Å². The highest BCUT2D eigenvalue weighted by molar-refractivity contribution is 5.97. The Morgan fingerprint density at radius 3 is 2.94 bits per heavy atom. The minimum absolute atomic E-state index is 0.00426. The summed E-state index contributed by atoms with van der Waals surface area (Å²) in [4.78, 5) is 13.8. The summed E-state index contributed by atoms with van der Waals surface area (Å²) in [5.41, 5.74) is 7.68. The molecule has 0 spiro atoms. The highest BCUT2D eigenvalue weighted by Crippen LogP contribution is 2.33. The summed E-state index contributed by atoms with van der Waals surface area (Å²) in [5, 5.41) is 0. The molecule has 0 aromatic heterocycles. The number of benzene rings is 1. The van der Waals surface area contributed by atoms with Crippen LogP contribution in [-0.2, 0) is 11.2 Å². The van der Waals surface area contributed by atoms with Crippen molar-refractivity contribution in [3.8, 4) is 5.75 Å². The smallest absolute Gasteiger partial charge is 0.230 e. The van der Waals surface area contributed by atoms with Crippen LogP contribution in [0.2, 0.25) is 0 Å². The van der Waals surface area contributed by atoms with Gasteiger partial charge in [-0.1, -0.05) is 0 Å². The molecule has 1 aromatic rings. The van der Waals surface area contributed by atoms with Crippen molar-refractivity contribution < 1.29 is 9.53 Å². The normalized spacial score (nSPS) is 19.1. The highest BCUT2D eigenvalue weighted by Gasteiger charge is 2.30. The molecule has 1 amide bonds. The number of hydrogen-bond donors (Lipinski definition) is 1. The van der Waals surface area contributed by atoms with Gasteiger partial charge in [-0.05, 0) is 43.1 Å². The Kier molecular flexibility index (Phi) is 3.33. The van der Waals surface area contributed by atoms with Crippen LogP contribution in [0.5, 0.6) is 5.75 Å². The summed E-state index contributed by atoms with van der Waals surface area (Å²) in [6.45, 7) is 0.545. The van der Waals surface area contributed by atoms with Gasteiger partial charge in [0.05, 0.1) is 7.11 Å². The largest absolute Gasteiger partial charge is 0.497 e. The standard InChI is InChI=1S/C13H18N2O2/c1-15-12-4-3-11(17-2)8-10(12)7-9(5-6-14)13(15)16/h3-4,8-9H,5-7,14H2,1-2H3/t9-/m0/s1. The van der Waals surface area contributed by atoms with Gasteiger partial charge in [0, 0.05) is 18.7 Å². The first kappa shape index (κ1) is 11.9. The van der Waals surface area contributed by atoms with Crippen molar-refractivity contribution in [1.82, 2.24) is 0 Å². The molecule has 1 aliphatic rings. The molecule has 0 saturated carbocycles. The SMILES string of the molecule is COc1ccc2c(c1)C[C@H](CCN)C(=O)N2C. The number of ether oxygens (including phenoxy) is 1. The van der Waals surface area contributed by atoms with Crippen molar-refractivity contribution in [3.63, 3.8) is 0 Å². The molecule has 2 rings (SSSR count). The second kappa shape index (κ2) is 4.75. The van der Waals surface area contributed by atoms with Crippen LogP contribution in [0.3, 0.4) is 0 Å². The molecule has 92 valence electrons. The number of methoxy groups -OCH3 is 1. The molecule has 4 nitrogen and oxygen atoms in total. The van der Waals surface area contributed by atoms with E-state index in [-0.39, 0.29) is 11.8 Å². The van der Waals surface area contributed by atoms with E-state index in [4.69, 9.17) is 10.5 Å². The van der Waals surface area contributed by atoms with Crippen LogP contribution < -0.4 is 15.4 Å². The minimum atomic E-state index is 0.00426. The molecule has 0 bridgehead atoms. The van der Waals surface area contributed by atoms with Gasteiger partial charge >= 0.3 is 0 Å². The second-order valence-electron chi connectivity index (χ2n) is 4.37. The number of carbonyl (C=O) groups excluding carboxylic acids is 1. The van der Waals surface area contributed by atoms with Gasteiger partial charge in [-0.2, -0.15) is 0 Å². The summed E-state index contributed by atoms with van der Waals surface area (Å²) in [5.74, 6) is 0.996. The second-order valence-corrected chi connectivity index (χ2v) is 4.37. The number of rotatable bonds is 3. The molecule has 1 aliphatic heterocycles. The lowest BCUT2D eigenvalue weighted by Gasteiger charge is -2.31. The third kappa shape index (κ3) is 2.13. The highest BCUT2D eigenvalue weighted by atomic mass is 16.5. The quantitative estimate of drug-likeness (QED) is 0.854. The Bertz CT molecular complexity index is 431. The number of nitrogens with zero attached hydrogens (tertiary/aromatic N) is 1. The van der Waals surface area contributed by atoms with Gasteiger partial charge in [-0.25, -0.2) is 0 Å². The molecule has 0 fully saturated rings. The van der Waals surface area contributed by atoms with Crippen molar-refractivity contribution >= 4 is 11.6 Å². The lowest BCUT2D eigenvalue weighted by molar-refractivity contribution is -0.122. The molecule has 0 unspecified atom stereocenters. The van der Waals surface area contributed by atoms with Gasteiger partial charge in [0.15, 0.2) is 0 Å². The number of anilines is 1. The number of nitrogens with two attached hydrogens (primary N) is 1. The maximum atomic E-state index is 12.1. The third-order valence-electron chi connectivity index (χ3n) is 3.31. The number of amides is 1. The summed E-state index contributed by atoms with van der Waals surface area (Å²) >= 11 is 0. The Morgan fingerprint density at radius 1 is 1.53 bits per heavy atom. The van der Waals surface area contributed by atoms with E-state index in [1.807, 2.05) is 25.2 Å². The van der Waals surface area contributed by atoms with Gasteiger partial charge in [0.1, 0.15) is 5.75 Å². The average molecular weight is 234 g/mol. The fraction of sp³-hybridized carbons (Fsp3) is 0.462. The Balaban J connectivity index is 2.35. The van der Waals surface area contributed by atoms with Crippen LogP contribution >= 0.6 is 0 Å². The monoisotopic (exact) mass is 234 g/mol. The Hall–Kier alpha value is -1.55. The Morgan fingerprint density at radius 2 is 2.29 bits per heavy atom. The first-order valence-corrected chi connectivity index (χ1v) is 5.82. The summed E-state index contributed by atoms with van der Waals surface area (Å²) in [7, 11) is 3.47. The molecular formula is C13H18N2O2. The third-order valence-corrected chi connectivity index (χ3v) is 3.31. The first-order valence-electron chi connectivity index (χ1n) is 5.82. The minimum Gasteiger partial charge on any atom is -0.497 e. The molecule has 1 aromatic carbocycles. The van der Waals surface area contributed by atoms with E-state index < -0.39 is 0 Å². The van der Waals surface area contributed by atoms with Crippen molar-refractivity contribution in [3.05, 3.63) is 23.8 Å². The fourth-order valence-electron chi connectivity index (χ4n) is 2.35. The van der Waals surface area contributed by atoms with Crippen LogP contribution in [0.15, 0.2) is 18.2 Å². The van der Waals surface area contributed by atoms with Gasteiger partial charge < -0.3 is 15.4 Å². The summed E-state index contributed by atoms with van der Waals surface area (Å²) in [6.07, 6.45) is 1.49. The van der Waals surface area contributed by atoms with Crippen molar-refractivity contribution in [2.45, 2.75) is 12.8 Å². The van der Waals surface area contributed by atoms with Crippen molar-refractivity contribution in [1.29, 1.82) is 0 Å². The number of carbonyl (C=O) groups is 1. The first-order chi connectivity index (χ1) is 8.17. The maximum Gasteiger partial charge on any atom is 0.230 e. The van der Waals surface area contributed by atoms with Crippen LogP contribution in [0, 0.1) is 5.92 Å². The van der Waals surface area contributed by atoms with Gasteiger partial charge in [-0.3, -0.25) is 4.79 Å². The van der Waals surface area contributed by atoms with Gasteiger partial charge in [0.2, 0.25) is 5.91 Å². The zero-order valence-electron chi connectivity index (χ0n) is 10.3. The van der Waals surface area contributed by atoms with Gasteiger partial charge in [0.25, 0.3) is 0 Å². The zero-order valence-corrected chi connectivity index (χ0v) is 10.3. The molecule has 0 aliphatic carbocycles. The fourth-order valence-corrected chi connectivity index (χ4v) is 2.35. The molecule has 4 heteroatoms.